The summed E-state index contributed by atoms with van der Waals surface area (Å²) < 4.78 is 0. The first-order valence-electron chi connectivity index (χ1n) is 6.71. The Morgan fingerprint density at radius 3 is 2.78 bits per heavy atom. The molecule has 1 fully saturated rings. The third-order valence-electron chi connectivity index (χ3n) is 4.07. The highest BCUT2D eigenvalue weighted by molar-refractivity contribution is 6.31. The topological polar surface area (TPSA) is 15.3 Å². The van der Waals surface area contributed by atoms with E-state index in [2.05, 4.69) is 43.2 Å². The Labute approximate surface area is 115 Å². The van der Waals surface area contributed by atoms with Crippen LogP contribution in [0.25, 0.3) is 0 Å². The molecule has 1 aromatic rings. The molecule has 18 heavy (non-hydrogen) atoms. The van der Waals surface area contributed by atoms with Gasteiger partial charge in [-0.25, -0.2) is 0 Å². The van der Waals surface area contributed by atoms with Gasteiger partial charge in [-0.3, -0.25) is 4.90 Å². The van der Waals surface area contributed by atoms with Crippen molar-refractivity contribution in [1.82, 2.24) is 10.2 Å². The fraction of sp³-hybridized carbons (Fsp3) is 0.600. The molecule has 0 amide bonds. The highest BCUT2D eigenvalue weighted by atomic mass is 35.5. The van der Waals surface area contributed by atoms with Gasteiger partial charge >= 0.3 is 0 Å². The molecular formula is C15H23ClN2. The van der Waals surface area contributed by atoms with Gasteiger partial charge < -0.3 is 5.32 Å². The van der Waals surface area contributed by atoms with E-state index in [9.17, 15) is 0 Å². The minimum atomic E-state index is 0.254. The number of benzene rings is 1. The van der Waals surface area contributed by atoms with Crippen molar-refractivity contribution in [2.75, 3.05) is 20.1 Å². The molecule has 0 saturated carbocycles. The van der Waals surface area contributed by atoms with Crippen molar-refractivity contribution in [2.45, 2.75) is 38.3 Å². The van der Waals surface area contributed by atoms with Crippen LogP contribution in [0.4, 0.5) is 0 Å². The van der Waals surface area contributed by atoms with E-state index in [0.717, 1.165) is 18.1 Å². The Balaban J connectivity index is 2.05. The van der Waals surface area contributed by atoms with Crippen LogP contribution in [0.5, 0.6) is 0 Å². The van der Waals surface area contributed by atoms with Crippen LogP contribution in [0.1, 0.15) is 38.3 Å². The highest BCUT2D eigenvalue weighted by Crippen LogP contribution is 2.28. The predicted molar refractivity (Wildman–Crippen MR) is 78.1 cm³/mol. The Morgan fingerprint density at radius 1 is 1.44 bits per heavy atom. The zero-order valence-corrected chi connectivity index (χ0v) is 12.3. The van der Waals surface area contributed by atoms with Gasteiger partial charge in [-0.1, -0.05) is 29.8 Å². The molecule has 0 spiro atoms. The van der Waals surface area contributed by atoms with Crippen LogP contribution in [-0.2, 0) is 0 Å². The number of nitrogens with zero attached hydrogens (tertiary/aromatic N) is 1. The number of likely N-dealkylation sites (N-methyl/N-ethyl adjacent to an activating group) is 1. The van der Waals surface area contributed by atoms with Crippen LogP contribution in [-0.4, -0.2) is 30.6 Å². The van der Waals surface area contributed by atoms with Crippen LogP contribution in [0.2, 0.25) is 5.02 Å². The number of halogens is 1. The van der Waals surface area contributed by atoms with Crippen LogP contribution in [0.3, 0.4) is 0 Å². The fourth-order valence-electron chi connectivity index (χ4n) is 2.83. The van der Waals surface area contributed by atoms with Gasteiger partial charge in [0.15, 0.2) is 0 Å². The van der Waals surface area contributed by atoms with Gasteiger partial charge in [0.1, 0.15) is 0 Å². The molecule has 3 heteroatoms. The fourth-order valence-corrected chi connectivity index (χ4v) is 3.12. The number of hydrogen-bond acceptors (Lipinski definition) is 2. The van der Waals surface area contributed by atoms with Gasteiger partial charge in [-0.2, -0.15) is 0 Å². The lowest BCUT2D eigenvalue weighted by Crippen LogP contribution is -2.46. The number of rotatable bonds is 4. The third kappa shape index (κ3) is 3.05. The minimum absolute atomic E-state index is 0.254. The summed E-state index contributed by atoms with van der Waals surface area (Å²) in [5, 5.41) is 4.47. The van der Waals surface area contributed by atoms with Crippen molar-refractivity contribution >= 4 is 11.6 Å². The largest absolute Gasteiger partial charge is 0.310 e. The summed E-state index contributed by atoms with van der Waals surface area (Å²) in [7, 11) is 2.18. The molecule has 0 bridgehead atoms. The van der Waals surface area contributed by atoms with E-state index in [0.29, 0.717) is 6.04 Å². The van der Waals surface area contributed by atoms with Crippen molar-refractivity contribution in [3.05, 3.63) is 34.9 Å². The lowest BCUT2D eigenvalue weighted by Gasteiger charge is -2.34. The maximum Gasteiger partial charge on any atom is 0.0453 e. The summed E-state index contributed by atoms with van der Waals surface area (Å²) >= 11 is 6.27. The monoisotopic (exact) mass is 266 g/mol. The predicted octanol–water partition coefficient (Wildman–Crippen LogP) is 3.47. The standard InChI is InChI=1S/C15H23ClN2/c1-12(13-7-4-5-8-14(13)16)18(3)11-15(2)9-6-10-17-15/h4-5,7-8,12,17H,6,9-11H2,1-3H3. The Bertz CT molecular complexity index is 399. The van der Waals surface area contributed by atoms with E-state index in [-0.39, 0.29) is 5.54 Å². The van der Waals surface area contributed by atoms with Gasteiger partial charge in [-0.15, -0.1) is 0 Å². The molecule has 0 aromatic heterocycles. The van der Waals surface area contributed by atoms with Crippen LogP contribution in [0.15, 0.2) is 24.3 Å². The molecule has 0 aliphatic carbocycles. The van der Waals surface area contributed by atoms with Crippen LogP contribution < -0.4 is 5.32 Å². The van der Waals surface area contributed by atoms with E-state index in [1.165, 1.54) is 18.4 Å². The molecule has 100 valence electrons. The van der Waals surface area contributed by atoms with Crippen LogP contribution >= 0.6 is 11.6 Å². The van der Waals surface area contributed by atoms with E-state index >= 15 is 0 Å². The van der Waals surface area contributed by atoms with Gasteiger partial charge in [0.2, 0.25) is 0 Å². The summed E-state index contributed by atoms with van der Waals surface area (Å²) in [4.78, 5) is 2.39. The zero-order valence-electron chi connectivity index (χ0n) is 11.5. The zero-order chi connectivity index (χ0) is 13.2. The molecule has 2 unspecified atom stereocenters. The molecule has 2 atom stereocenters. The van der Waals surface area contributed by atoms with Gasteiger partial charge in [-0.05, 0) is 51.9 Å². The van der Waals surface area contributed by atoms with E-state index in [1.807, 2.05) is 12.1 Å². The Kier molecular flexibility index (Phi) is 4.31. The van der Waals surface area contributed by atoms with Gasteiger partial charge in [0.25, 0.3) is 0 Å². The van der Waals surface area contributed by atoms with E-state index in [4.69, 9.17) is 11.6 Å². The normalized spacial score (nSPS) is 25.6. The van der Waals surface area contributed by atoms with Crippen molar-refractivity contribution < 1.29 is 0 Å². The minimum Gasteiger partial charge on any atom is -0.310 e. The summed E-state index contributed by atoms with van der Waals surface area (Å²) in [5.74, 6) is 0. The second kappa shape index (κ2) is 5.60. The summed E-state index contributed by atoms with van der Waals surface area (Å²) in [6.45, 7) is 6.74. The van der Waals surface area contributed by atoms with Crippen molar-refractivity contribution in [2.24, 2.45) is 0 Å². The molecule has 2 nitrogen and oxygen atoms in total. The summed E-state index contributed by atoms with van der Waals surface area (Å²) in [6, 6.07) is 8.47. The average Bonchev–Trinajstić information content (AvgIpc) is 2.75. The number of nitrogens with one attached hydrogen (secondary N) is 1. The maximum absolute atomic E-state index is 6.27. The smallest absolute Gasteiger partial charge is 0.0453 e. The Morgan fingerprint density at radius 2 is 2.17 bits per heavy atom. The lowest BCUT2D eigenvalue weighted by molar-refractivity contribution is 0.194. The van der Waals surface area contributed by atoms with Crippen molar-refractivity contribution in [1.29, 1.82) is 0 Å². The summed E-state index contributed by atoms with van der Waals surface area (Å²) in [5.41, 5.74) is 1.47. The molecular weight excluding hydrogens is 244 g/mol. The Hall–Kier alpha value is -0.570. The van der Waals surface area contributed by atoms with Crippen molar-refractivity contribution in [3.63, 3.8) is 0 Å². The van der Waals surface area contributed by atoms with Gasteiger partial charge in [0, 0.05) is 23.1 Å². The quantitative estimate of drug-likeness (QED) is 0.898. The molecule has 1 saturated heterocycles. The molecule has 1 aliphatic heterocycles. The first kappa shape index (κ1) is 13.9. The van der Waals surface area contributed by atoms with Crippen LogP contribution in [0, 0.1) is 0 Å². The second-order valence-corrected chi connectivity index (χ2v) is 6.11. The first-order valence-corrected chi connectivity index (χ1v) is 7.09. The SMILES string of the molecule is CC(c1ccccc1Cl)N(C)CC1(C)CCCN1. The molecule has 1 aliphatic rings. The molecule has 0 radical (unpaired) electrons. The van der Waals surface area contributed by atoms with E-state index in [1.54, 1.807) is 0 Å². The maximum atomic E-state index is 6.27. The molecule has 1 N–H and O–H groups in total. The van der Waals surface area contributed by atoms with Gasteiger partial charge in [0.05, 0.1) is 0 Å². The molecule has 2 rings (SSSR count). The highest BCUT2D eigenvalue weighted by Gasteiger charge is 2.30. The average molecular weight is 267 g/mol. The first-order chi connectivity index (χ1) is 8.52. The van der Waals surface area contributed by atoms with Crippen molar-refractivity contribution in [3.8, 4) is 0 Å². The molecule has 1 aromatic carbocycles. The molecule has 1 heterocycles. The second-order valence-electron chi connectivity index (χ2n) is 5.70. The summed E-state index contributed by atoms with van der Waals surface area (Å²) in [6.07, 6.45) is 2.54. The third-order valence-corrected chi connectivity index (χ3v) is 4.42. The lowest BCUT2D eigenvalue weighted by atomic mass is 9.98. The number of hydrogen-bond donors (Lipinski definition) is 1. The van der Waals surface area contributed by atoms with E-state index < -0.39 is 0 Å².